The van der Waals surface area contributed by atoms with E-state index in [4.69, 9.17) is 0 Å². The average molecular weight is 821 g/mol. The van der Waals surface area contributed by atoms with Gasteiger partial charge in [-0.1, -0.05) is 24.3 Å². The summed E-state index contributed by atoms with van der Waals surface area (Å²) in [5.41, 5.74) is 6.98. The Morgan fingerprint density at radius 2 is 1.67 bits per heavy atom. The molecule has 0 radical (unpaired) electrons. The Labute approximate surface area is 351 Å². The highest BCUT2D eigenvalue weighted by Gasteiger charge is 2.40. The minimum absolute atomic E-state index is 0.0216. The van der Waals surface area contributed by atoms with Gasteiger partial charge in [0.15, 0.2) is 0 Å². The fourth-order valence-corrected chi connectivity index (χ4v) is 7.72. The lowest BCUT2D eigenvalue weighted by Crippen LogP contribution is -2.52. The molecule has 310 valence electrons. The number of amides is 6. The van der Waals surface area contributed by atoms with Crippen LogP contribution in [0.3, 0.4) is 0 Å². The summed E-state index contributed by atoms with van der Waals surface area (Å²) in [6, 6.07) is 23.0. The normalized spacial score (nSPS) is 16.5. The maximum Gasteiger partial charge on any atom is 0.255 e. The van der Waals surface area contributed by atoms with Gasteiger partial charge < -0.3 is 25.8 Å². The van der Waals surface area contributed by atoms with Crippen molar-refractivity contribution < 1.29 is 28.8 Å². The van der Waals surface area contributed by atoms with Crippen LogP contribution in [0, 0.1) is 6.92 Å². The number of imide groups is 1. The standard InChI is InChI=1S/C45H44N10O6/c1-28-7-12-32(24-37(28)51-45-47-19-17-35(50-45)31-4-3-18-46-25-31)48-42(59)30-10-8-29(9-11-30)26-53-20-22-54(23-21-53)41(58)16-15-39(56)49-36-6-2-5-33-34(36)27-55(44(33)61)38-13-14-40(57)52-43(38)60/h2-12,17-19,24-25,38H,13-16,20-23,26-27H2,1H3,(H,48,59)(H,49,56)(H,47,50,51)(H,52,57,60). The Kier molecular flexibility index (Phi) is 11.9. The van der Waals surface area contributed by atoms with Crippen molar-refractivity contribution >= 4 is 58.5 Å². The molecule has 0 aliphatic carbocycles. The number of carbonyl (C=O) groups excluding carboxylic acids is 6. The molecule has 8 rings (SSSR count). The molecule has 1 unspecified atom stereocenters. The quantitative estimate of drug-likeness (QED) is 0.128. The van der Waals surface area contributed by atoms with E-state index >= 15 is 0 Å². The molecule has 5 aromatic rings. The third-order valence-electron chi connectivity index (χ3n) is 11.1. The van der Waals surface area contributed by atoms with Crippen molar-refractivity contribution in [2.45, 2.75) is 51.7 Å². The smallest absolute Gasteiger partial charge is 0.255 e. The van der Waals surface area contributed by atoms with E-state index in [0.29, 0.717) is 66.7 Å². The molecule has 2 aromatic heterocycles. The van der Waals surface area contributed by atoms with Crippen molar-refractivity contribution in [3.8, 4) is 11.3 Å². The zero-order valence-electron chi connectivity index (χ0n) is 33.5. The lowest BCUT2D eigenvalue weighted by Gasteiger charge is -2.34. The molecule has 0 bridgehead atoms. The van der Waals surface area contributed by atoms with E-state index in [2.05, 4.69) is 41.1 Å². The van der Waals surface area contributed by atoms with Crippen LogP contribution in [0.2, 0.25) is 0 Å². The van der Waals surface area contributed by atoms with Gasteiger partial charge in [0.25, 0.3) is 11.8 Å². The molecule has 61 heavy (non-hydrogen) atoms. The number of fused-ring (bicyclic) bond motifs is 1. The van der Waals surface area contributed by atoms with E-state index in [1.807, 2.05) is 55.5 Å². The van der Waals surface area contributed by atoms with Gasteiger partial charge in [-0.25, -0.2) is 9.97 Å². The predicted molar refractivity (Wildman–Crippen MR) is 226 cm³/mol. The molecule has 16 nitrogen and oxygen atoms in total. The van der Waals surface area contributed by atoms with Gasteiger partial charge in [-0.05, 0) is 79.1 Å². The number of hydrogen-bond donors (Lipinski definition) is 4. The molecule has 6 amide bonds. The number of nitrogens with zero attached hydrogens (tertiary/aromatic N) is 6. The van der Waals surface area contributed by atoms with Gasteiger partial charge in [-0.3, -0.25) is 44.0 Å². The number of aryl methyl sites for hydroxylation is 1. The van der Waals surface area contributed by atoms with Crippen LogP contribution in [0.4, 0.5) is 23.0 Å². The molecule has 4 N–H and O–H groups in total. The van der Waals surface area contributed by atoms with Crippen molar-refractivity contribution in [2.24, 2.45) is 0 Å². The fourth-order valence-electron chi connectivity index (χ4n) is 7.72. The second kappa shape index (κ2) is 17.9. The van der Waals surface area contributed by atoms with Gasteiger partial charge >= 0.3 is 0 Å². The fraction of sp³-hybridized carbons (Fsp3) is 0.267. The molecule has 2 saturated heterocycles. The Bertz CT molecular complexity index is 2510. The summed E-state index contributed by atoms with van der Waals surface area (Å²) in [6.45, 7) is 5.14. The summed E-state index contributed by atoms with van der Waals surface area (Å²) in [6.07, 6.45) is 5.55. The molecular formula is C45H44N10O6. The molecule has 3 aliphatic rings. The van der Waals surface area contributed by atoms with Crippen molar-refractivity contribution in [2.75, 3.05) is 42.1 Å². The second-order valence-corrected chi connectivity index (χ2v) is 15.2. The number of nitrogens with one attached hydrogen (secondary N) is 4. The highest BCUT2D eigenvalue weighted by atomic mass is 16.2. The number of carbonyl (C=O) groups is 6. The number of pyridine rings is 1. The second-order valence-electron chi connectivity index (χ2n) is 15.2. The zero-order valence-corrected chi connectivity index (χ0v) is 33.5. The molecule has 0 spiro atoms. The maximum atomic E-state index is 13.2. The topological polar surface area (TPSA) is 199 Å². The summed E-state index contributed by atoms with van der Waals surface area (Å²) < 4.78 is 0. The van der Waals surface area contributed by atoms with Gasteiger partial charge in [-0.15, -0.1) is 0 Å². The van der Waals surface area contributed by atoms with Crippen LogP contribution in [-0.4, -0.2) is 97.3 Å². The van der Waals surface area contributed by atoms with E-state index in [-0.39, 0.29) is 61.8 Å². The van der Waals surface area contributed by atoms with Gasteiger partial charge in [0.05, 0.1) is 5.69 Å². The Hall–Kier alpha value is -7.33. The van der Waals surface area contributed by atoms with E-state index in [9.17, 15) is 28.8 Å². The monoisotopic (exact) mass is 820 g/mol. The highest BCUT2D eigenvalue weighted by molar-refractivity contribution is 6.07. The van der Waals surface area contributed by atoms with Crippen LogP contribution in [-0.2, 0) is 32.3 Å². The molecule has 3 aromatic carbocycles. The molecular weight excluding hydrogens is 777 g/mol. The Balaban J connectivity index is 0.777. The van der Waals surface area contributed by atoms with Crippen LogP contribution in [0.15, 0.2) is 97.5 Å². The third kappa shape index (κ3) is 9.44. The number of hydrogen-bond acceptors (Lipinski definition) is 11. The van der Waals surface area contributed by atoms with Crippen molar-refractivity contribution in [1.29, 1.82) is 0 Å². The van der Waals surface area contributed by atoms with E-state index in [0.717, 1.165) is 28.1 Å². The summed E-state index contributed by atoms with van der Waals surface area (Å²) in [4.78, 5) is 95.1. The molecule has 0 saturated carbocycles. The molecule has 1 atom stereocenters. The summed E-state index contributed by atoms with van der Waals surface area (Å²) >= 11 is 0. The first-order valence-electron chi connectivity index (χ1n) is 20.2. The van der Waals surface area contributed by atoms with E-state index in [1.165, 1.54) is 4.90 Å². The minimum Gasteiger partial charge on any atom is -0.340 e. The maximum absolute atomic E-state index is 13.2. The van der Waals surface area contributed by atoms with Gasteiger partial charge in [0, 0.05) is 116 Å². The average Bonchev–Trinajstić information content (AvgIpc) is 3.61. The van der Waals surface area contributed by atoms with Crippen molar-refractivity contribution in [3.63, 3.8) is 0 Å². The number of anilines is 4. The number of piperidine rings is 1. The Morgan fingerprint density at radius 3 is 2.44 bits per heavy atom. The first kappa shape index (κ1) is 40.4. The van der Waals surface area contributed by atoms with Gasteiger partial charge in [0.1, 0.15) is 6.04 Å². The summed E-state index contributed by atoms with van der Waals surface area (Å²) in [5.74, 6) is -1.46. The molecule has 3 aliphatic heterocycles. The SMILES string of the molecule is Cc1ccc(NC(=O)c2ccc(CN3CCN(C(=O)CCC(=O)Nc4cccc5c4CN(C4CCC(=O)NC4=O)C5=O)CC3)cc2)cc1Nc1nccc(-c2cccnc2)n1. The number of rotatable bonds is 12. The predicted octanol–water partition coefficient (Wildman–Crippen LogP) is 4.67. The van der Waals surface area contributed by atoms with E-state index < -0.39 is 11.9 Å². The zero-order chi connectivity index (χ0) is 42.5. The van der Waals surface area contributed by atoms with Crippen molar-refractivity contribution in [1.82, 2.24) is 35.0 Å². The first-order chi connectivity index (χ1) is 29.6. The highest BCUT2D eigenvalue weighted by Crippen LogP contribution is 2.32. The van der Waals surface area contributed by atoms with Crippen molar-refractivity contribution in [3.05, 3.63) is 125 Å². The number of aromatic nitrogens is 3. The minimum atomic E-state index is -0.756. The van der Waals surface area contributed by atoms with E-state index in [1.54, 1.807) is 53.8 Å². The van der Waals surface area contributed by atoms with Crippen LogP contribution in [0.5, 0.6) is 0 Å². The molecule has 5 heterocycles. The number of piperazine rings is 1. The van der Waals surface area contributed by atoms with Crippen LogP contribution in [0.25, 0.3) is 11.3 Å². The van der Waals surface area contributed by atoms with Crippen LogP contribution < -0.4 is 21.3 Å². The van der Waals surface area contributed by atoms with Gasteiger partial charge in [-0.2, -0.15) is 0 Å². The summed E-state index contributed by atoms with van der Waals surface area (Å²) in [5, 5.41) is 11.4. The Morgan fingerprint density at radius 1 is 0.852 bits per heavy atom. The lowest BCUT2D eigenvalue weighted by atomic mass is 10.0. The number of benzene rings is 3. The summed E-state index contributed by atoms with van der Waals surface area (Å²) in [7, 11) is 0. The van der Waals surface area contributed by atoms with Crippen LogP contribution in [0.1, 0.15) is 63.1 Å². The first-order valence-corrected chi connectivity index (χ1v) is 20.2. The molecule has 2 fully saturated rings. The van der Waals surface area contributed by atoms with Gasteiger partial charge in [0.2, 0.25) is 29.6 Å². The third-order valence-corrected chi connectivity index (χ3v) is 11.1. The largest absolute Gasteiger partial charge is 0.340 e. The molecule has 16 heteroatoms. The lowest BCUT2D eigenvalue weighted by molar-refractivity contribution is -0.137. The van der Waals surface area contributed by atoms with Crippen LogP contribution >= 0.6 is 0 Å².